The second kappa shape index (κ2) is 5.53. The fourth-order valence-electron chi connectivity index (χ4n) is 2.42. The van der Waals surface area contributed by atoms with Gasteiger partial charge in [0.1, 0.15) is 17.5 Å². The Morgan fingerprint density at radius 2 is 1.45 bits per heavy atom. The van der Waals surface area contributed by atoms with E-state index >= 15 is 0 Å². The fourth-order valence-corrected chi connectivity index (χ4v) is 3.25. The SMILES string of the molecule is Cc1nnc(C)c(-c2c(F)cc(F)cc2F)c1-c1cccs1. The minimum atomic E-state index is -0.953. The van der Waals surface area contributed by atoms with E-state index < -0.39 is 17.5 Å². The zero-order chi connectivity index (χ0) is 15.9. The Morgan fingerprint density at radius 3 is 2.00 bits per heavy atom. The molecule has 0 radical (unpaired) electrons. The van der Waals surface area contributed by atoms with Crippen LogP contribution in [0.1, 0.15) is 11.4 Å². The van der Waals surface area contributed by atoms with Crippen LogP contribution in [0.2, 0.25) is 0 Å². The van der Waals surface area contributed by atoms with E-state index in [1.807, 2.05) is 17.5 Å². The molecule has 22 heavy (non-hydrogen) atoms. The van der Waals surface area contributed by atoms with Gasteiger partial charge in [0.25, 0.3) is 0 Å². The summed E-state index contributed by atoms with van der Waals surface area (Å²) in [7, 11) is 0. The molecule has 112 valence electrons. The van der Waals surface area contributed by atoms with Crippen LogP contribution in [0.4, 0.5) is 13.2 Å². The number of benzene rings is 1. The van der Waals surface area contributed by atoms with E-state index in [4.69, 9.17) is 0 Å². The standard InChI is InChI=1S/C16H11F3N2S/c1-8-14(13-4-3-5-22-13)15(9(2)21-20-8)16-11(18)6-10(17)7-12(16)19/h3-7H,1-2H3. The van der Waals surface area contributed by atoms with Gasteiger partial charge < -0.3 is 0 Å². The molecule has 0 amide bonds. The molecule has 0 N–H and O–H groups in total. The maximum Gasteiger partial charge on any atom is 0.136 e. The molecular formula is C16H11F3N2S. The van der Waals surface area contributed by atoms with Gasteiger partial charge in [-0.1, -0.05) is 6.07 Å². The van der Waals surface area contributed by atoms with Crippen molar-refractivity contribution in [1.29, 1.82) is 0 Å². The van der Waals surface area contributed by atoms with Crippen molar-refractivity contribution in [3.05, 3.63) is 58.5 Å². The van der Waals surface area contributed by atoms with Crippen molar-refractivity contribution in [2.45, 2.75) is 13.8 Å². The van der Waals surface area contributed by atoms with Crippen molar-refractivity contribution in [2.75, 3.05) is 0 Å². The molecule has 0 atom stereocenters. The number of hydrogen-bond acceptors (Lipinski definition) is 3. The van der Waals surface area contributed by atoms with Crippen molar-refractivity contribution in [3.63, 3.8) is 0 Å². The van der Waals surface area contributed by atoms with E-state index in [1.165, 1.54) is 11.3 Å². The average molecular weight is 320 g/mol. The lowest BCUT2D eigenvalue weighted by Crippen LogP contribution is -2.02. The minimum absolute atomic E-state index is 0.277. The summed E-state index contributed by atoms with van der Waals surface area (Å²) in [5, 5.41) is 9.86. The third kappa shape index (κ3) is 2.39. The average Bonchev–Trinajstić information content (AvgIpc) is 2.95. The van der Waals surface area contributed by atoms with Crippen LogP contribution >= 0.6 is 11.3 Å². The van der Waals surface area contributed by atoms with Crippen LogP contribution in [-0.4, -0.2) is 10.2 Å². The number of aryl methyl sites for hydroxylation is 2. The maximum atomic E-state index is 14.2. The summed E-state index contributed by atoms with van der Waals surface area (Å²) in [5.41, 5.74) is 1.60. The van der Waals surface area contributed by atoms with Gasteiger partial charge in [0, 0.05) is 28.1 Å². The van der Waals surface area contributed by atoms with Gasteiger partial charge in [-0.15, -0.1) is 11.3 Å². The van der Waals surface area contributed by atoms with Gasteiger partial charge >= 0.3 is 0 Å². The minimum Gasteiger partial charge on any atom is -0.207 e. The topological polar surface area (TPSA) is 25.8 Å². The van der Waals surface area contributed by atoms with E-state index in [0.717, 1.165) is 4.88 Å². The summed E-state index contributed by atoms with van der Waals surface area (Å²) < 4.78 is 41.6. The molecule has 2 heterocycles. The Bertz CT molecular complexity index is 822. The number of nitrogens with zero attached hydrogens (tertiary/aromatic N) is 2. The monoisotopic (exact) mass is 320 g/mol. The lowest BCUT2D eigenvalue weighted by Gasteiger charge is -2.14. The van der Waals surface area contributed by atoms with Crippen LogP contribution in [0.5, 0.6) is 0 Å². The molecule has 6 heteroatoms. The summed E-state index contributed by atoms with van der Waals surface area (Å²) in [6.45, 7) is 3.35. The molecule has 0 aliphatic carbocycles. The summed E-state index contributed by atoms with van der Waals surface area (Å²) in [6.07, 6.45) is 0. The largest absolute Gasteiger partial charge is 0.207 e. The molecule has 0 saturated carbocycles. The highest BCUT2D eigenvalue weighted by molar-refractivity contribution is 7.13. The highest BCUT2D eigenvalue weighted by Crippen LogP contribution is 2.39. The zero-order valence-electron chi connectivity index (χ0n) is 11.8. The first-order valence-electron chi connectivity index (χ1n) is 6.51. The normalized spacial score (nSPS) is 11.0. The number of rotatable bonds is 2. The van der Waals surface area contributed by atoms with E-state index in [0.29, 0.717) is 34.6 Å². The fraction of sp³-hybridized carbons (Fsp3) is 0.125. The van der Waals surface area contributed by atoms with Crippen molar-refractivity contribution in [1.82, 2.24) is 10.2 Å². The van der Waals surface area contributed by atoms with Crippen LogP contribution in [0, 0.1) is 31.3 Å². The number of halogens is 3. The Morgan fingerprint density at radius 1 is 0.864 bits per heavy atom. The summed E-state index contributed by atoms with van der Waals surface area (Å²) >= 11 is 1.44. The van der Waals surface area contributed by atoms with Crippen LogP contribution in [0.15, 0.2) is 29.6 Å². The van der Waals surface area contributed by atoms with Gasteiger partial charge in [-0.2, -0.15) is 10.2 Å². The molecule has 0 bridgehead atoms. The van der Waals surface area contributed by atoms with Gasteiger partial charge in [0.15, 0.2) is 0 Å². The Labute approximate surface area is 129 Å². The van der Waals surface area contributed by atoms with Crippen LogP contribution in [-0.2, 0) is 0 Å². The Hall–Kier alpha value is -2.21. The molecule has 0 aliphatic heterocycles. The number of thiophene rings is 1. The van der Waals surface area contributed by atoms with Crippen molar-refractivity contribution < 1.29 is 13.2 Å². The smallest absolute Gasteiger partial charge is 0.136 e. The second-order valence-electron chi connectivity index (χ2n) is 4.84. The zero-order valence-corrected chi connectivity index (χ0v) is 12.6. The Kier molecular flexibility index (Phi) is 3.70. The van der Waals surface area contributed by atoms with Crippen LogP contribution < -0.4 is 0 Å². The quantitative estimate of drug-likeness (QED) is 0.671. The Balaban J connectivity index is 2.40. The molecule has 2 aromatic heterocycles. The third-order valence-corrected chi connectivity index (χ3v) is 4.24. The first-order chi connectivity index (χ1) is 10.5. The highest BCUT2D eigenvalue weighted by atomic mass is 32.1. The number of aromatic nitrogens is 2. The van der Waals surface area contributed by atoms with Crippen LogP contribution in [0.3, 0.4) is 0 Å². The third-order valence-electron chi connectivity index (χ3n) is 3.35. The molecule has 3 aromatic rings. The molecule has 0 unspecified atom stereocenters. The molecule has 0 fully saturated rings. The maximum absolute atomic E-state index is 14.2. The molecule has 0 spiro atoms. The number of hydrogen-bond donors (Lipinski definition) is 0. The van der Waals surface area contributed by atoms with E-state index in [-0.39, 0.29) is 5.56 Å². The van der Waals surface area contributed by atoms with Crippen molar-refractivity contribution in [2.24, 2.45) is 0 Å². The van der Waals surface area contributed by atoms with Crippen molar-refractivity contribution >= 4 is 11.3 Å². The molecule has 3 rings (SSSR count). The van der Waals surface area contributed by atoms with Crippen LogP contribution in [0.25, 0.3) is 21.6 Å². The predicted molar refractivity (Wildman–Crippen MR) is 80.1 cm³/mol. The summed E-state index contributed by atoms with van der Waals surface area (Å²) in [6, 6.07) is 5.03. The molecule has 1 aromatic carbocycles. The molecular weight excluding hydrogens is 309 g/mol. The summed E-state index contributed by atoms with van der Waals surface area (Å²) in [5.74, 6) is -2.86. The first-order valence-corrected chi connectivity index (χ1v) is 7.39. The molecule has 0 saturated heterocycles. The first kappa shape index (κ1) is 14.7. The van der Waals surface area contributed by atoms with Gasteiger partial charge in [-0.05, 0) is 25.3 Å². The van der Waals surface area contributed by atoms with Gasteiger partial charge in [0.2, 0.25) is 0 Å². The van der Waals surface area contributed by atoms with E-state index in [9.17, 15) is 13.2 Å². The molecule has 0 aliphatic rings. The van der Waals surface area contributed by atoms with Crippen molar-refractivity contribution in [3.8, 4) is 21.6 Å². The van der Waals surface area contributed by atoms with Gasteiger partial charge in [-0.25, -0.2) is 13.2 Å². The predicted octanol–water partition coefficient (Wildman–Crippen LogP) is 4.91. The van der Waals surface area contributed by atoms with E-state index in [2.05, 4.69) is 10.2 Å². The lowest BCUT2D eigenvalue weighted by molar-refractivity contribution is 0.547. The van der Waals surface area contributed by atoms with Gasteiger partial charge in [-0.3, -0.25) is 0 Å². The van der Waals surface area contributed by atoms with Gasteiger partial charge in [0.05, 0.1) is 17.0 Å². The van der Waals surface area contributed by atoms with E-state index in [1.54, 1.807) is 13.8 Å². The lowest BCUT2D eigenvalue weighted by atomic mass is 9.95. The second-order valence-corrected chi connectivity index (χ2v) is 5.79. The highest BCUT2D eigenvalue weighted by Gasteiger charge is 2.22. The summed E-state index contributed by atoms with van der Waals surface area (Å²) in [4.78, 5) is 0.827. The molecule has 2 nitrogen and oxygen atoms in total.